The molecular weight excluding hydrogens is 254 g/mol. The van der Waals surface area contributed by atoms with Gasteiger partial charge in [0, 0.05) is 18.4 Å². The molecule has 1 aromatic carbocycles. The Bertz CT molecular complexity index is 662. The first-order valence-electron chi connectivity index (χ1n) is 6.50. The van der Waals surface area contributed by atoms with Crippen LogP contribution in [0.25, 0.3) is 11.0 Å². The quantitative estimate of drug-likeness (QED) is 0.854. The summed E-state index contributed by atoms with van der Waals surface area (Å²) in [6.07, 6.45) is 0.434. The van der Waals surface area contributed by atoms with E-state index in [0.717, 1.165) is 16.7 Å². The van der Waals surface area contributed by atoms with Crippen molar-refractivity contribution in [3.8, 4) is 12.1 Å². The van der Waals surface area contributed by atoms with E-state index in [1.54, 1.807) is 5.06 Å². The molecule has 1 saturated heterocycles. The Balaban J connectivity index is 1.89. The highest BCUT2D eigenvalue weighted by Gasteiger charge is 2.36. The second-order valence-electron chi connectivity index (χ2n) is 4.71. The van der Waals surface area contributed by atoms with E-state index >= 15 is 0 Å². The van der Waals surface area contributed by atoms with Crippen molar-refractivity contribution in [3.05, 3.63) is 36.1 Å². The van der Waals surface area contributed by atoms with Gasteiger partial charge < -0.3 is 4.42 Å². The first-order valence-corrected chi connectivity index (χ1v) is 6.50. The molecule has 0 radical (unpaired) electrons. The number of rotatable bonds is 3. The molecule has 100 valence electrons. The van der Waals surface area contributed by atoms with E-state index in [9.17, 15) is 0 Å². The minimum Gasteiger partial charge on any atom is -0.459 e. The lowest BCUT2D eigenvalue weighted by atomic mass is 10.1. The monoisotopic (exact) mass is 267 g/mol. The molecule has 5 nitrogen and oxygen atoms in total. The van der Waals surface area contributed by atoms with Crippen molar-refractivity contribution in [2.45, 2.75) is 25.0 Å². The lowest BCUT2D eigenvalue weighted by molar-refractivity contribution is -0.151. The predicted molar refractivity (Wildman–Crippen MR) is 71.0 cm³/mol. The van der Waals surface area contributed by atoms with Crippen LogP contribution in [0.4, 0.5) is 0 Å². The number of nitriles is 2. The summed E-state index contributed by atoms with van der Waals surface area (Å²) < 4.78 is 5.84. The summed E-state index contributed by atoms with van der Waals surface area (Å²) in [5.74, 6) is 0.780. The molecule has 1 fully saturated rings. The Morgan fingerprint density at radius 2 is 2.15 bits per heavy atom. The highest BCUT2D eigenvalue weighted by molar-refractivity contribution is 5.77. The molecule has 1 aromatic heterocycles. The van der Waals surface area contributed by atoms with Gasteiger partial charge in [0.2, 0.25) is 0 Å². The van der Waals surface area contributed by atoms with Gasteiger partial charge in [-0.3, -0.25) is 4.84 Å². The molecule has 0 N–H and O–H groups in total. The van der Waals surface area contributed by atoms with E-state index in [1.165, 1.54) is 0 Å². The number of fused-ring (bicyclic) bond motifs is 1. The molecule has 1 aliphatic rings. The number of para-hydroxylation sites is 1. The van der Waals surface area contributed by atoms with Crippen LogP contribution in [0.5, 0.6) is 0 Å². The summed E-state index contributed by atoms with van der Waals surface area (Å²) in [6, 6.07) is 13.8. The number of hydrogen-bond acceptors (Lipinski definition) is 5. The van der Waals surface area contributed by atoms with Gasteiger partial charge in [-0.25, -0.2) is 0 Å². The molecular formula is C15H13N3O2. The van der Waals surface area contributed by atoms with Crippen LogP contribution in [-0.2, 0) is 4.84 Å². The van der Waals surface area contributed by atoms with E-state index in [0.29, 0.717) is 19.4 Å². The lowest BCUT2D eigenvalue weighted by Crippen LogP contribution is -2.23. The topological polar surface area (TPSA) is 73.2 Å². The smallest absolute Gasteiger partial charge is 0.167 e. The fraction of sp³-hybridized carbons (Fsp3) is 0.333. The van der Waals surface area contributed by atoms with Gasteiger partial charge in [0.05, 0.1) is 24.6 Å². The highest BCUT2D eigenvalue weighted by atomic mass is 16.7. The summed E-state index contributed by atoms with van der Waals surface area (Å²) in [5.41, 5.74) is 0.822. The molecule has 2 atom stereocenters. The molecule has 0 unspecified atom stereocenters. The average Bonchev–Trinajstić information content (AvgIpc) is 3.08. The number of benzene rings is 1. The molecule has 20 heavy (non-hydrogen) atoms. The standard InChI is InChI=1S/C15H13N3O2/c16-6-3-7-18-13(9-12(10-17)20-18)15-8-11-4-1-2-5-14(11)19-15/h1-2,4-5,8,12-13H,3,7,9H2/t12-,13+/m0/s1. The van der Waals surface area contributed by atoms with E-state index < -0.39 is 6.10 Å². The second kappa shape index (κ2) is 5.34. The summed E-state index contributed by atoms with van der Waals surface area (Å²) >= 11 is 0. The fourth-order valence-corrected chi connectivity index (χ4v) is 2.47. The summed E-state index contributed by atoms with van der Waals surface area (Å²) in [4.78, 5) is 5.54. The van der Waals surface area contributed by atoms with E-state index in [1.807, 2.05) is 30.3 Å². The first-order chi connectivity index (χ1) is 9.81. The largest absolute Gasteiger partial charge is 0.459 e. The zero-order valence-electron chi connectivity index (χ0n) is 10.8. The maximum Gasteiger partial charge on any atom is 0.167 e. The van der Waals surface area contributed by atoms with Crippen LogP contribution in [0.3, 0.4) is 0 Å². The Morgan fingerprint density at radius 1 is 1.30 bits per heavy atom. The maximum atomic E-state index is 9.02. The number of nitrogens with zero attached hydrogens (tertiary/aromatic N) is 3. The van der Waals surface area contributed by atoms with Gasteiger partial charge in [0.25, 0.3) is 0 Å². The molecule has 0 aliphatic carbocycles. The van der Waals surface area contributed by atoms with E-state index in [2.05, 4.69) is 12.1 Å². The minimum atomic E-state index is -0.480. The molecule has 0 amide bonds. The van der Waals surface area contributed by atoms with Crippen molar-refractivity contribution in [1.29, 1.82) is 10.5 Å². The highest BCUT2D eigenvalue weighted by Crippen LogP contribution is 2.36. The summed E-state index contributed by atoms with van der Waals surface area (Å²) in [7, 11) is 0. The van der Waals surface area contributed by atoms with Crippen molar-refractivity contribution < 1.29 is 9.25 Å². The molecule has 0 bridgehead atoms. The minimum absolute atomic E-state index is 0.111. The van der Waals surface area contributed by atoms with Gasteiger partial charge in [-0.15, -0.1) is 0 Å². The van der Waals surface area contributed by atoms with Crippen LogP contribution in [0.15, 0.2) is 34.7 Å². The molecule has 2 aromatic rings. The summed E-state index contributed by atoms with van der Waals surface area (Å²) in [5, 5.41) is 20.4. The van der Waals surface area contributed by atoms with Gasteiger partial charge in [-0.05, 0) is 12.1 Å². The third-order valence-corrected chi connectivity index (χ3v) is 3.41. The molecule has 5 heteroatoms. The van der Waals surface area contributed by atoms with E-state index in [4.69, 9.17) is 19.8 Å². The molecule has 2 heterocycles. The Hall–Kier alpha value is -2.34. The number of hydroxylamine groups is 2. The van der Waals surface area contributed by atoms with Gasteiger partial charge in [-0.1, -0.05) is 18.2 Å². The maximum absolute atomic E-state index is 9.02. The van der Waals surface area contributed by atoms with Gasteiger partial charge in [-0.2, -0.15) is 15.6 Å². The Kier molecular flexibility index (Phi) is 3.39. The van der Waals surface area contributed by atoms with Crippen LogP contribution in [0, 0.1) is 22.7 Å². The Labute approximate surface area is 116 Å². The zero-order chi connectivity index (χ0) is 13.9. The average molecular weight is 267 g/mol. The third-order valence-electron chi connectivity index (χ3n) is 3.41. The molecule has 0 saturated carbocycles. The predicted octanol–water partition coefficient (Wildman–Crippen LogP) is 2.92. The number of furan rings is 1. The van der Waals surface area contributed by atoms with Gasteiger partial charge in [0.15, 0.2) is 6.10 Å². The first kappa shape index (κ1) is 12.7. The van der Waals surface area contributed by atoms with Crippen LogP contribution in [0.2, 0.25) is 0 Å². The van der Waals surface area contributed by atoms with Crippen molar-refractivity contribution in [2.24, 2.45) is 0 Å². The Morgan fingerprint density at radius 3 is 2.90 bits per heavy atom. The summed E-state index contributed by atoms with van der Waals surface area (Å²) in [6.45, 7) is 0.469. The van der Waals surface area contributed by atoms with Crippen molar-refractivity contribution >= 4 is 11.0 Å². The molecule has 1 aliphatic heterocycles. The second-order valence-corrected chi connectivity index (χ2v) is 4.71. The van der Waals surface area contributed by atoms with Crippen molar-refractivity contribution in [3.63, 3.8) is 0 Å². The molecule has 3 rings (SSSR count). The van der Waals surface area contributed by atoms with Gasteiger partial charge in [0.1, 0.15) is 11.3 Å². The zero-order valence-corrected chi connectivity index (χ0v) is 10.8. The number of hydrogen-bond donors (Lipinski definition) is 0. The normalized spacial score (nSPS) is 22.7. The van der Waals surface area contributed by atoms with Crippen LogP contribution >= 0.6 is 0 Å². The van der Waals surface area contributed by atoms with Crippen LogP contribution in [0.1, 0.15) is 24.6 Å². The van der Waals surface area contributed by atoms with Crippen LogP contribution in [-0.4, -0.2) is 17.7 Å². The third kappa shape index (κ3) is 2.25. The van der Waals surface area contributed by atoms with E-state index in [-0.39, 0.29) is 6.04 Å². The lowest BCUT2D eigenvalue weighted by Gasteiger charge is -2.19. The fourth-order valence-electron chi connectivity index (χ4n) is 2.47. The molecule has 0 spiro atoms. The van der Waals surface area contributed by atoms with Gasteiger partial charge >= 0.3 is 0 Å². The van der Waals surface area contributed by atoms with Crippen molar-refractivity contribution in [1.82, 2.24) is 5.06 Å². The SMILES string of the molecule is N#CCCN1O[C@H](C#N)C[C@@H]1c1cc2ccccc2o1. The van der Waals surface area contributed by atoms with Crippen molar-refractivity contribution in [2.75, 3.05) is 6.54 Å². The van der Waals surface area contributed by atoms with Crippen LogP contribution < -0.4 is 0 Å².